The minimum Gasteiger partial charge on any atom is -0.480 e. The van der Waals surface area contributed by atoms with Crippen LogP contribution >= 0.6 is 11.8 Å². The van der Waals surface area contributed by atoms with E-state index in [0.717, 1.165) is 0 Å². The number of hydrogen-bond donors (Lipinski definition) is 3. The van der Waals surface area contributed by atoms with Crippen molar-refractivity contribution in [2.45, 2.75) is 65.2 Å². The molecule has 0 aliphatic rings. The average molecular weight is 378 g/mol. The molecule has 0 aromatic rings. The molecule has 0 bridgehead atoms. The quantitative estimate of drug-likeness (QED) is 0.556. The van der Waals surface area contributed by atoms with Gasteiger partial charge < -0.3 is 25.2 Å². The molecule has 1 atom stereocenters. The number of thioether (sulfide) groups is 1. The Morgan fingerprint density at radius 3 is 2.00 bits per heavy atom. The average Bonchev–Trinajstić information content (AvgIpc) is 2.36. The number of alkyl carbamates (subject to hydrolysis) is 2. The summed E-state index contributed by atoms with van der Waals surface area (Å²) in [5.74, 6) is -0.276. The Kier molecular flexibility index (Phi) is 9.69. The summed E-state index contributed by atoms with van der Waals surface area (Å²) in [6, 6.07) is -1.03. The van der Waals surface area contributed by atoms with Crippen LogP contribution in [0.3, 0.4) is 0 Å². The van der Waals surface area contributed by atoms with Gasteiger partial charge in [0, 0.05) is 12.3 Å². The number of carbonyl (C=O) groups is 3. The lowest BCUT2D eigenvalue weighted by Crippen LogP contribution is -2.45. The first kappa shape index (κ1) is 23.4. The van der Waals surface area contributed by atoms with Gasteiger partial charge in [-0.1, -0.05) is 0 Å². The molecule has 2 amide bonds. The zero-order valence-corrected chi connectivity index (χ0v) is 16.6. The van der Waals surface area contributed by atoms with Crippen LogP contribution < -0.4 is 10.6 Å². The largest absolute Gasteiger partial charge is 0.480 e. The van der Waals surface area contributed by atoms with E-state index in [0.29, 0.717) is 18.7 Å². The van der Waals surface area contributed by atoms with Gasteiger partial charge in [0.05, 0.1) is 0 Å². The van der Waals surface area contributed by atoms with Gasteiger partial charge in [-0.2, -0.15) is 11.8 Å². The van der Waals surface area contributed by atoms with Crippen LogP contribution in [0, 0.1) is 0 Å². The Morgan fingerprint density at radius 2 is 1.52 bits per heavy atom. The molecule has 25 heavy (non-hydrogen) atoms. The summed E-state index contributed by atoms with van der Waals surface area (Å²) in [5.41, 5.74) is -1.23. The molecule has 0 aliphatic heterocycles. The van der Waals surface area contributed by atoms with E-state index >= 15 is 0 Å². The number of carboxylic acid groups (broad SMARTS) is 1. The molecule has 0 aromatic carbocycles. The Bertz CT molecular complexity index is 457. The molecule has 146 valence electrons. The fourth-order valence-corrected chi connectivity index (χ4v) is 2.48. The number of nitrogens with one attached hydrogen (secondary N) is 2. The molecule has 0 aliphatic carbocycles. The Morgan fingerprint density at radius 1 is 1.00 bits per heavy atom. The monoisotopic (exact) mass is 378 g/mol. The number of hydrogen-bond acceptors (Lipinski definition) is 6. The Hall–Kier alpha value is -1.64. The topological polar surface area (TPSA) is 114 Å². The van der Waals surface area contributed by atoms with Gasteiger partial charge >= 0.3 is 18.2 Å². The third-order valence-corrected chi connectivity index (χ3v) is 3.55. The highest BCUT2D eigenvalue weighted by Crippen LogP contribution is 2.09. The van der Waals surface area contributed by atoms with E-state index in [-0.39, 0.29) is 5.75 Å². The first-order valence-corrected chi connectivity index (χ1v) is 9.22. The predicted molar refractivity (Wildman–Crippen MR) is 97.0 cm³/mol. The first-order chi connectivity index (χ1) is 11.3. The second-order valence-electron chi connectivity index (χ2n) is 7.39. The van der Waals surface area contributed by atoms with E-state index in [1.54, 1.807) is 41.5 Å². The summed E-state index contributed by atoms with van der Waals surface area (Å²) in [7, 11) is 0. The van der Waals surface area contributed by atoms with E-state index in [4.69, 9.17) is 14.6 Å². The van der Waals surface area contributed by atoms with Gasteiger partial charge in [-0.15, -0.1) is 0 Å². The van der Waals surface area contributed by atoms with Crippen LogP contribution in [-0.4, -0.2) is 58.6 Å². The van der Waals surface area contributed by atoms with Crippen LogP contribution in [0.15, 0.2) is 0 Å². The van der Waals surface area contributed by atoms with Crippen molar-refractivity contribution in [3.63, 3.8) is 0 Å². The molecule has 0 fully saturated rings. The third kappa shape index (κ3) is 14.4. The van der Waals surface area contributed by atoms with Crippen molar-refractivity contribution in [1.82, 2.24) is 10.6 Å². The maximum absolute atomic E-state index is 11.6. The fourth-order valence-electron chi connectivity index (χ4n) is 1.50. The number of ether oxygens (including phenoxy) is 2. The summed E-state index contributed by atoms with van der Waals surface area (Å²) in [5, 5.41) is 14.1. The molecular weight excluding hydrogens is 348 g/mol. The third-order valence-electron chi connectivity index (χ3n) is 2.41. The van der Waals surface area contributed by atoms with Crippen molar-refractivity contribution >= 4 is 29.9 Å². The van der Waals surface area contributed by atoms with E-state index in [1.807, 2.05) is 0 Å². The maximum Gasteiger partial charge on any atom is 0.408 e. The van der Waals surface area contributed by atoms with E-state index in [9.17, 15) is 14.4 Å². The predicted octanol–water partition coefficient (Wildman–Crippen LogP) is 2.61. The number of rotatable bonds is 8. The number of amides is 2. The SMILES string of the molecule is CC(C)(C)OC(=O)NCCCSCC(NC(=O)OC(C)(C)C)C(=O)O. The molecular formula is C16H30N2O6S. The minimum absolute atomic E-state index is 0.209. The van der Waals surface area contributed by atoms with Crippen molar-refractivity contribution in [2.75, 3.05) is 18.1 Å². The molecule has 0 spiro atoms. The van der Waals surface area contributed by atoms with E-state index in [2.05, 4.69) is 10.6 Å². The molecule has 0 heterocycles. The van der Waals surface area contributed by atoms with Crippen molar-refractivity contribution in [1.29, 1.82) is 0 Å². The normalized spacial score (nSPS) is 12.9. The van der Waals surface area contributed by atoms with Gasteiger partial charge in [-0.05, 0) is 53.7 Å². The van der Waals surface area contributed by atoms with Gasteiger partial charge in [0.25, 0.3) is 0 Å². The van der Waals surface area contributed by atoms with Gasteiger partial charge in [0.15, 0.2) is 0 Å². The molecule has 0 aromatic heterocycles. The van der Waals surface area contributed by atoms with Crippen molar-refractivity contribution in [3.05, 3.63) is 0 Å². The van der Waals surface area contributed by atoms with Gasteiger partial charge in [-0.25, -0.2) is 14.4 Å². The zero-order chi connectivity index (χ0) is 19.7. The van der Waals surface area contributed by atoms with Crippen molar-refractivity contribution < 1.29 is 29.0 Å². The van der Waals surface area contributed by atoms with Crippen LogP contribution in [0.2, 0.25) is 0 Å². The van der Waals surface area contributed by atoms with Crippen LogP contribution in [0.25, 0.3) is 0 Å². The highest BCUT2D eigenvalue weighted by Gasteiger charge is 2.23. The Balaban J connectivity index is 4.00. The van der Waals surface area contributed by atoms with Crippen molar-refractivity contribution in [2.24, 2.45) is 0 Å². The number of aliphatic carboxylic acids is 1. The summed E-state index contributed by atoms with van der Waals surface area (Å²) in [6.45, 7) is 10.9. The minimum atomic E-state index is -1.12. The standard InChI is InChI=1S/C16H30N2O6S/c1-15(2,3)23-13(21)17-8-7-9-25-10-11(12(19)20)18-14(22)24-16(4,5)6/h11H,7-10H2,1-6H3,(H,17,21)(H,18,22)(H,19,20). The highest BCUT2D eigenvalue weighted by atomic mass is 32.2. The summed E-state index contributed by atoms with van der Waals surface area (Å²) < 4.78 is 10.1. The summed E-state index contributed by atoms with van der Waals surface area (Å²) in [6.07, 6.45) is -0.581. The summed E-state index contributed by atoms with van der Waals surface area (Å²) in [4.78, 5) is 34.3. The smallest absolute Gasteiger partial charge is 0.408 e. The lowest BCUT2D eigenvalue weighted by atomic mass is 10.2. The highest BCUT2D eigenvalue weighted by molar-refractivity contribution is 7.99. The zero-order valence-electron chi connectivity index (χ0n) is 15.8. The first-order valence-electron chi connectivity index (χ1n) is 8.07. The van der Waals surface area contributed by atoms with E-state index in [1.165, 1.54) is 11.8 Å². The molecule has 0 saturated heterocycles. The number of carboxylic acids is 1. The summed E-state index contributed by atoms with van der Waals surface area (Å²) >= 11 is 1.37. The lowest BCUT2D eigenvalue weighted by Gasteiger charge is -2.22. The second-order valence-corrected chi connectivity index (χ2v) is 8.54. The number of carbonyl (C=O) groups excluding carboxylic acids is 2. The van der Waals surface area contributed by atoms with Crippen LogP contribution in [-0.2, 0) is 14.3 Å². The molecule has 0 rings (SSSR count). The van der Waals surface area contributed by atoms with Gasteiger partial charge in [0.2, 0.25) is 0 Å². The Labute approximate surface area is 153 Å². The van der Waals surface area contributed by atoms with E-state index < -0.39 is 35.4 Å². The molecule has 8 nitrogen and oxygen atoms in total. The fraction of sp³-hybridized carbons (Fsp3) is 0.812. The van der Waals surface area contributed by atoms with Crippen LogP contribution in [0.1, 0.15) is 48.0 Å². The van der Waals surface area contributed by atoms with Crippen LogP contribution in [0.5, 0.6) is 0 Å². The maximum atomic E-state index is 11.6. The van der Waals surface area contributed by atoms with Crippen molar-refractivity contribution in [3.8, 4) is 0 Å². The molecule has 0 saturated carbocycles. The molecule has 3 N–H and O–H groups in total. The lowest BCUT2D eigenvalue weighted by molar-refractivity contribution is -0.138. The van der Waals surface area contributed by atoms with Gasteiger partial charge in [0.1, 0.15) is 17.2 Å². The molecule has 1 unspecified atom stereocenters. The molecule has 0 radical (unpaired) electrons. The second kappa shape index (κ2) is 10.4. The van der Waals surface area contributed by atoms with Crippen LogP contribution in [0.4, 0.5) is 9.59 Å². The van der Waals surface area contributed by atoms with Gasteiger partial charge in [-0.3, -0.25) is 0 Å². The molecule has 9 heteroatoms.